The Labute approximate surface area is 151 Å². The van der Waals surface area contributed by atoms with E-state index in [1.54, 1.807) is 30.5 Å². The molecule has 0 saturated carbocycles. The third kappa shape index (κ3) is 3.83. The number of amides is 2. The first-order chi connectivity index (χ1) is 11.9. The van der Waals surface area contributed by atoms with Crippen LogP contribution >= 0.6 is 22.9 Å². The van der Waals surface area contributed by atoms with Gasteiger partial charge in [-0.25, -0.2) is 9.67 Å². The average molecular weight is 377 g/mol. The van der Waals surface area contributed by atoms with Gasteiger partial charge in [0.1, 0.15) is 0 Å². The Morgan fingerprint density at radius 3 is 2.92 bits per heavy atom. The molecule has 1 aromatic carbocycles. The first kappa shape index (κ1) is 17.1. The van der Waals surface area contributed by atoms with Gasteiger partial charge in [0.2, 0.25) is 5.91 Å². The Kier molecular flexibility index (Phi) is 4.77. The van der Waals surface area contributed by atoms with Crippen LogP contribution in [0.25, 0.3) is 5.69 Å². The number of hydrogen-bond donors (Lipinski definition) is 2. The zero-order valence-corrected chi connectivity index (χ0v) is 14.6. The predicted octanol–water partition coefficient (Wildman–Crippen LogP) is 1.97. The van der Waals surface area contributed by atoms with Gasteiger partial charge in [-0.2, -0.15) is 0 Å². The number of thiazole rings is 1. The van der Waals surface area contributed by atoms with E-state index in [1.807, 2.05) is 6.07 Å². The molecule has 3 rings (SSSR count). The second-order valence-corrected chi connectivity index (χ2v) is 6.45. The van der Waals surface area contributed by atoms with E-state index in [0.717, 1.165) is 0 Å². The molecular weight excluding hydrogens is 364 g/mol. The normalized spacial score (nSPS) is 10.6. The minimum absolute atomic E-state index is 0.0242. The molecule has 0 atom stereocenters. The number of carbonyl (C=O) groups is 2. The summed E-state index contributed by atoms with van der Waals surface area (Å²) in [5.41, 5.74) is 7.07. The Morgan fingerprint density at radius 1 is 1.40 bits per heavy atom. The summed E-state index contributed by atoms with van der Waals surface area (Å²) in [5, 5.41) is 13.2. The van der Waals surface area contributed by atoms with Gasteiger partial charge in [-0.3, -0.25) is 14.9 Å². The van der Waals surface area contributed by atoms with Gasteiger partial charge in [-0.05, 0) is 25.1 Å². The van der Waals surface area contributed by atoms with Crippen molar-refractivity contribution >= 4 is 39.9 Å². The molecule has 2 amide bonds. The van der Waals surface area contributed by atoms with Crippen molar-refractivity contribution in [1.82, 2.24) is 20.0 Å². The van der Waals surface area contributed by atoms with Gasteiger partial charge in [0, 0.05) is 10.4 Å². The third-order valence-corrected chi connectivity index (χ3v) is 4.33. The molecule has 0 saturated heterocycles. The summed E-state index contributed by atoms with van der Waals surface area (Å²) in [6, 6.07) is 7.07. The molecule has 2 aromatic heterocycles. The summed E-state index contributed by atoms with van der Waals surface area (Å²) < 4.78 is 1.53. The number of nitrogens with zero attached hydrogens (tertiary/aromatic N) is 4. The van der Waals surface area contributed by atoms with Crippen molar-refractivity contribution in [2.24, 2.45) is 5.73 Å². The second kappa shape index (κ2) is 6.99. The second-order valence-electron chi connectivity index (χ2n) is 5.16. The molecule has 0 aliphatic carbocycles. The Bertz CT molecular complexity index is 951. The first-order valence-electron chi connectivity index (χ1n) is 7.16. The number of benzene rings is 1. The minimum atomic E-state index is -0.483. The standard InChI is InChI=1S/C15H13ClN6O2S/c1-8-13(20-21-22(8)11-4-2-3-9(16)5-11)14(24)19-15-18-10(7-25-15)6-12(17)23/h2-5,7H,6H2,1H3,(H2,17,23)(H,18,19,24). The quantitative estimate of drug-likeness (QED) is 0.706. The van der Waals surface area contributed by atoms with E-state index in [2.05, 4.69) is 20.6 Å². The molecule has 0 bridgehead atoms. The topological polar surface area (TPSA) is 116 Å². The fourth-order valence-electron chi connectivity index (χ4n) is 2.17. The molecule has 25 heavy (non-hydrogen) atoms. The lowest BCUT2D eigenvalue weighted by molar-refractivity contribution is -0.117. The number of primary amides is 1. The van der Waals surface area contributed by atoms with Gasteiger partial charge in [0.15, 0.2) is 10.8 Å². The summed E-state index contributed by atoms with van der Waals surface area (Å²) in [7, 11) is 0. The van der Waals surface area contributed by atoms with Crippen LogP contribution in [0.1, 0.15) is 21.9 Å². The molecular formula is C15H13ClN6O2S. The van der Waals surface area contributed by atoms with Crippen molar-refractivity contribution in [2.75, 3.05) is 5.32 Å². The fourth-order valence-corrected chi connectivity index (χ4v) is 3.06. The maximum atomic E-state index is 12.4. The molecule has 8 nitrogen and oxygen atoms in total. The van der Waals surface area contributed by atoms with Crippen LogP contribution in [-0.4, -0.2) is 31.8 Å². The van der Waals surface area contributed by atoms with Crippen molar-refractivity contribution in [2.45, 2.75) is 13.3 Å². The van der Waals surface area contributed by atoms with Crippen molar-refractivity contribution in [3.05, 3.63) is 51.7 Å². The largest absolute Gasteiger partial charge is 0.369 e. The maximum absolute atomic E-state index is 12.4. The summed E-state index contributed by atoms with van der Waals surface area (Å²) >= 11 is 7.18. The summed E-state index contributed by atoms with van der Waals surface area (Å²) in [6.45, 7) is 1.73. The van der Waals surface area contributed by atoms with Gasteiger partial charge >= 0.3 is 0 Å². The number of hydrogen-bond acceptors (Lipinski definition) is 6. The van der Waals surface area contributed by atoms with Crippen LogP contribution in [0.3, 0.4) is 0 Å². The number of nitrogens with one attached hydrogen (secondary N) is 1. The molecule has 10 heteroatoms. The van der Waals surface area contributed by atoms with Crippen molar-refractivity contribution < 1.29 is 9.59 Å². The van der Waals surface area contributed by atoms with Crippen LogP contribution in [0.15, 0.2) is 29.6 Å². The summed E-state index contributed by atoms with van der Waals surface area (Å²) in [5.74, 6) is -0.922. The van der Waals surface area contributed by atoms with E-state index < -0.39 is 11.8 Å². The summed E-state index contributed by atoms with van der Waals surface area (Å²) in [4.78, 5) is 27.4. The van der Waals surface area contributed by atoms with E-state index in [9.17, 15) is 9.59 Å². The monoisotopic (exact) mass is 376 g/mol. The van der Waals surface area contributed by atoms with Gasteiger partial charge in [-0.1, -0.05) is 22.9 Å². The number of aromatic nitrogens is 4. The molecule has 3 aromatic rings. The number of rotatable bonds is 5. The molecule has 128 valence electrons. The minimum Gasteiger partial charge on any atom is -0.369 e. The van der Waals surface area contributed by atoms with E-state index in [0.29, 0.717) is 27.2 Å². The molecule has 2 heterocycles. The van der Waals surface area contributed by atoms with Crippen molar-refractivity contribution in [1.29, 1.82) is 0 Å². The molecule has 0 fully saturated rings. The number of anilines is 1. The van der Waals surface area contributed by atoms with Crippen LogP contribution in [0.2, 0.25) is 5.02 Å². The van der Waals surface area contributed by atoms with Gasteiger partial charge in [0.05, 0.1) is 23.5 Å². The number of halogens is 1. The Morgan fingerprint density at radius 2 is 2.20 bits per heavy atom. The zero-order valence-electron chi connectivity index (χ0n) is 13.1. The van der Waals surface area contributed by atoms with Gasteiger partial charge < -0.3 is 5.73 Å². The first-order valence-corrected chi connectivity index (χ1v) is 8.42. The van der Waals surface area contributed by atoms with Crippen molar-refractivity contribution in [3.8, 4) is 5.69 Å². The van der Waals surface area contributed by atoms with Crippen LogP contribution in [-0.2, 0) is 11.2 Å². The molecule has 3 N–H and O–H groups in total. The predicted molar refractivity (Wildman–Crippen MR) is 94.1 cm³/mol. The summed E-state index contributed by atoms with van der Waals surface area (Å²) in [6.07, 6.45) is 0.0242. The van der Waals surface area contributed by atoms with Crippen LogP contribution < -0.4 is 11.1 Å². The lowest BCUT2D eigenvalue weighted by atomic mass is 10.3. The smallest absolute Gasteiger partial charge is 0.279 e. The highest BCUT2D eigenvalue weighted by atomic mass is 35.5. The molecule has 0 radical (unpaired) electrons. The SMILES string of the molecule is Cc1c(C(=O)Nc2nc(CC(N)=O)cs2)nnn1-c1cccc(Cl)c1. The lowest BCUT2D eigenvalue weighted by Crippen LogP contribution is -2.15. The fraction of sp³-hybridized carbons (Fsp3) is 0.133. The van der Waals surface area contributed by atoms with Crippen LogP contribution in [0.4, 0.5) is 5.13 Å². The Hall–Kier alpha value is -2.78. The Balaban J connectivity index is 1.79. The van der Waals surface area contributed by atoms with E-state index >= 15 is 0 Å². The number of carbonyl (C=O) groups excluding carboxylic acids is 2. The van der Waals surface area contributed by atoms with Gasteiger partial charge in [-0.15, -0.1) is 16.4 Å². The highest BCUT2D eigenvalue weighted by molar-refractivity contribution is 7.14. The van der Waals surface area contributed by atoms with E-state index in [1.165, 1.54) is 16.0 Å². The number of nitrogens with two attached hydrogens (primary N) is 1. The van der Waals surface area contributed by atoms with E-state index in [4.69, 9.17) is 17.3 Å². The molecule has 0 aliphatic rings. The van der Waals surface area contributed by atoms with Crippen LogP contribution in [0.5, 0.6) is 0 Å². The van der Waals surface area contributed by atoms with E-state index in [-0.39, 0.29) is 12.1 Å². The van der Waals surface area contributed by atoms with Gasteiger partial charge in [0.25, 0.3) is 5.91 Å². The molecule has 0 spiro atoms. The maximum Gasteiger partial charge on any atom is 0.279 e. The average Bonchev–Trinajstić information content (AvgIpc) is 3.13. The molecule has 0 unspecified atom stereocenters. The third-order valence-electron chi connectivity index (χ3n) is 3.29. The molecule has 0 aliphatic heterocycles. The highest BCUT2D eigenvalue weighted by Gasteiger charge is 2.19. The zero-order chi connectivity index (χ0) is 18.0. The highest BCUT2D eigenvalue weighted by Crippen LogP contribution is 2.19. The van der Waals surface area contributed by atoms with Crippen LogP contribution in [0, 0.1) is 6.92 Å². The van der Waals surface area contributed by atoms with Crippen molar-refractivity contribution in [3.63, 3.8) is 0 Å². The lowest BCUT2D eigenvalue weighted by Gasteiger charge is -2.04.